The number of piperazine rings is 1. The zero-order valence-electron chi connectivity index (χ0n) is 12.5. The molecule has 3 atom stereocenters. The summed E-state index contributed by atoms with van der Waals surface area (Å²) < 4.78 is 24.2. The molecule has 3 unspecified atom stereocenters. The van der Waals surface area contributed by atoms with E-state index in [4.69, 9.17) is 0 Å². The van der Waals surface area contributed by atoms with Crippen LogP contribution in [0.5, 0.6) is 0 Å². The third kappa shape index (κ3) is 3.30. The Hall–Kier alpha value is -0.910. The van der Waals surface area contributed by atoms with Crippen molar-refractivity contribution in [3.05, 3.63) is 35.9 Å². The molecule has 1 aromatic rings. The van der Waals surface area contributed by atoms with E-state index in [-0.39, 0.29) is 11.3 Å². The lowest BCUT2D eigenvalue weighted by atomic mass is 10.0. The van der Waals surface area contributed by atoms with Crippen molar-refractivity contribution in [2.24, 2.45) is 0 Å². The average molecular weight is 308 g/mol. The van der Waals surface area contributed by atoms with Gasteiger partial charge in [-0.25, -0.2) is 8.42 Å². The molecule has 2 aliphatic rings. The molecule has 1 aromatic carbocycles. The molecule has 2 aliphatic heterocycles. The van der Waals surface area contributed by atoms with Crippen LogP contribution in [0.4, 0.5) is 0 Å². The number of benzene rings is 1. The molecule has 5 heteroatoms. The Morgan fingerprint density at radius 2 is 2.05 bits per heavy atom. The summed E-state index contributed by atoms with van der Waals surface area (Å²) in [4.78, 5) is 2.37. The molecular formula is C16H24N2O2S. The molecule has 0 radical (unpaired) electrons. The van der Waals surface area contributed by atoms with Crippen molar-refractivity contribution in [3.8, 4) is 0 Å². The standard InChI is InChI=1S/C16H24N2O2S/c1-13-11-18(12-15-8-5-9-21(15,19)20)16(10-17-13)14-6-3-2-4-7-14/h2-4,6-7,13,15-17H,5,8-12H2,1H3. The summed E-state index contributed by atoms with van der Waals surface area (Å²) in [6.45, 7) is 4.63. The van der Waals surface area contributed by atoms with Crippen LogP contribution in [0.3, 0.4) is 0 Å². The molecule has 3 rings (SSSR count). The lowest BCUT2D eigenvalue weighted by Crippen LogP contribution is -2.53. The molecular weight excluding hydrogens is 284 g/mol. The SMILES string of the molecule is CC1CN(CC2CCCS2(=O)=O)C(c2ccccc2)CN1. The van der Waals surface area contributed by atoms with E-state index in [0.717, 1.165) is 25.9 Å². The summed E-state index contributed by atoms with van der Waals surface area (Å²) in [7, 11) is -2.87. The molecule has 0 bridgehead atoms. The van der Waals surface area contributed by atoms with Crippen LogP contribution in [0.1, 0.15) is 31.4 Å². The number of nitrogens with zero attached hydrogens (tertiary/aromatic N) is 1. The van der Waals surface area contributed by atoms with Gasteiger partial charge in [0.2, 0.25) is 0 Å². The van der Waals surface area contributed by atoms with E-state index in [1.54, 1.807) is 0 Å². The normalized spacial score (nSPS) is 33.1. The van der Waals surface area contributed by atoms with Crippen molar-refractivity contribution in [1.82, 2.24) is 10.2 Å². The minimum absolute atomic E-state index is 0.172. The summed E-state index contributed by atoms with van der Waals surface area (Å²) in [6.07, 6.45) is 1.65. The third-order valence-corrected chi connectivity index (χ3v) is 6.95. The summed E-state index contributed by atoms with van der Waals surface area (Å²) in [5.74, 6) is 0.370. The minimum atomic E-state index is -2.87. The first-order valence-corrected chi connectivity index (χ1v) is 9.52. The molecule has 0 aliphatic carbocycles. The Bertz CT molecular complexity index is 573. The summed E-state index contributed by atoms with van der Waals surface area (Å²) in [6, 6.07) is 11.1. The van der Waals surface area contributed by atoms with Gasteiger partial charge in [-0.3, -0.25) is 4.90 Å². The van der Waals surface area contributed by atoms with Gasteiger partial charge in [0.05, 0.1) is 11.0 Å². The van der Waals surface area contributed by atoms with Gasteiger partial charge in [0.15, 0.2) is 9.84 Å². The Balaban J connectivity index is 1.79. The van der Waals surface area contributed by atoms with Crippen LogP contribution in [0, 0.1) is 0 Å². The lowest BCUT2D eigenvalue weighted by molar-refractivity contribution is 0.135. The van der Waals surface area contributed by atoms with Crippen molar-refractivity contribution in [2.45, 2.75) is 37.1 Å². The highest BCUT2D eigenvalue weighted by atomic mass is 32.2. The maximum atomic E-state index is 12.1. The van der Waals surface area contributed by atoms with E-state index in [9.17, 15) is 8.42 Å². The first kappa shape index (κ1) is 15.0. The fourth-order valence-electron chi connectivity index (χ4n) is 3.52. The Morgan fingerprint density at radius 3 is 2.71 bits per heavy atom. The maximum absolute atomic E-state index is 12.1. The Morgan fingerprint density at radius 1 is 1.29 bits per heavy atom. The van der Waals surface area contributed by atoms with Gasteiger partial charge in [0, 0.05) is 31.7 Å². The molecule has 0 saturated carbocycles. The van der Waals surface area contributed by atoms with Gasteiger partial charge in [0.25, 0.3) is 0 Å². The monoisotopic (exact) mass is 308 g/mol. The Kier molecular flexibility index (Phi) is 4.33. The molecule has 0 spiro atoms. The van der Waals surface area contributed by atoms with Gasteiger partial charge < -0.3 is 5.32 Å². The zero-order valence-corrected chi connectivity index (χ0v) is 13.3. The van der Waals surface area contributed by atoms with Gasteiger partial charge in [-0.05, 0) is 25.3 Å². The largest absolute Gasteiger partial charge is 0.311 e. The van der Waals surface area contributed by atoms with Crippen LogP contribution in [-0.2, 0) is 9.84 Å². The number of hydrogen-bond donors (Lipinski definition) is 1. The van der Waals surface area contributed by atoms with Crippen molar-refractivity contribution in [2.75, 3.05) is 25.4 Å². The number of hydrogen-bond acceptors (Lipinski definition) is 4. The highest BCUT2D eigenvalue weighted by Crippen LogP contribution is 2.28. The maximum Gasteiger partial charge on any atom is 0.154 e. The molecule has 0 aromatic heterocycles. The zero-order chi connectivity index (χ0) is 14.9. The number of sulfone groups is 1. The molecule has 21 heavy (non-hydrogen) atoms. The predicted octanol–water partition coefficient (Wildman–Crippen LogP) is 1.60. The fraction of sp³-hybridized carbons (Fsp3) is 0.625. The van der Waals surface area contributed by atoms with E-state index in [0.29, 0.717) is 18.3 Å². The molecule has 4 nitrogen and oxygen atoms in total. The van der Waals surface area contributed by atoms with Crippen LogP contribution >= 0.6 is 0 Å². The van der Waals surface area contributed by atoms with Crippen LogP contribution in [0.25, 0.3) is 0 Å². The van der Waals surface area contributed by atoms with Crippen LogP contribution in [0.2, 0.25) is 0 Å². The first-order chi connectivity index (χ1) is 10.1. The van der Waals surface area contributed by atoms with Gasteiger partial charge in [-0.15, -0.1) is 0 Å². The smallest absolute Gasteiger partial charge is 0.154 e. The number of nitrogens with one attached hydrogen (secondary N) is 1. The minimum Gasteiger partial charge on any atom is -0.311 e. The van der Waals surface area contributed by atoms with E-state index in [1.807, 2.05) is 6.07 Å². The molecule has 2 saturated heterocycles. The van der Waals surface area contributed by atoms with E-state index in [1.165, 1.54) is 5.56 Å². The fourth-order valence-corrected chi connectivity index (χ4v) is 5.36. The van der Waals surface area contributed by atoms with E-state index < -0.39 is 9.84 Å². The second kappa shape index (κ2) is 6.07. The lowest BCUT2D eigenvalue weighted by Gasteiger charge is -2.40. The molecule has 2 heterocycles. The van der Waals surface area contributed by atoms with Crippen LogP contribution in [-0.4, -0.2) is 50.0 Å². The molecule has 2 fully saturated rings. The molecule has 0 amide bonds. The van der Waals surface area contributed by atoms with E-state index >= 15 is 0 Å². The highest BCUT2D eigenvalue weighted by molar-refractivity contribution is 7.92. The van der Waals surface area contributed by atoms with Crippen molar-refractivity contribution < 1.29 is 8.42 Å². The Labute approximate surface area is 127 Å². The molecule has 1 N–H and O–H groups in total. The highest BCUT2D eigenvalue weighted by Gasteiger charge is 2.36. The number of rotatable bonds is 3. The van der Waals surface area contributed by atoms with Gasteiger partial charge in [0.1, 0.15) is 0 Å². The second-order valence-corrected chi connectivity index (χ2v) is 8.72. The first-order valence-electron chi connectivity index (χ1n) is 7.80. The average Bonchev–Trinajstić information content (AvgIpc) is 2.79. The van der Waals surface area contributed by atoms with Gasteiger partial charge in [-0.2, -0.15) is 0 Å². The van der Waals surface area contributed by atoms with Crippen molar-refractivity contribution >= 4 is 9.84 Å². The van der Waals surface area contributed by atoms with Gasteiger partial charge >= 0.3 is 0 Å². The summed E-state index contributed by atoms with van der Waals surface area (Å²) in [5, 5.41) is 3.34. The van der Waals surface area contributed by atoms with Crippen molar-refractivity contribution in [1.29, 1.82) is 0 Å². The summed E-state index contributed by atoms with van der Waals surface area (Å²) in [5.41, 5.74) is 1.27. The predicted molar refractivity (Wildman–Crippen MR) is 85.0 cm³/mol. The summed E-state index contributed by atoms with van der Waals surface area (Å²) >= 11 is 0. The third-order valence-electron chi connectivity index (χ3n) is 4.69. The van der Waals surface area contributed by atoms with Gasteiger partial charge in [-0.1, -0.05) is 30.3 Å². The van der Waals surface area contributed by atoms with Crippen LogP contribution < -0.4 is 5.32 Å². The molecule has 116 valence electrons. The second-order valence-electron chi connectivity index (χ2n) is 6.32. The van der Waals surface area contributed by atoms with Crippen LogP contribution in [0.15, 0.2) is 30.3 Å². The quantitative estimate of drug-likeness (QED) is 0.921. The topological polar surface area (TPSA) is 49.4 Å². The van der Waals surface area contributed by atoms with E-state index in [2.05, 4.69) is 41.4 Å². The van der Waals surface area contributed by atoms with Crippen molar-refractivity contribution in [3.63, 3.8) is 0 Å².